The second-order valence-electron chi connectivity index (χ2n) is 4.55. The molecule has 0 aliphatic carbocycles. The molecule has 0 amide bonds. The number of nitrogens with zero attached hydrogens (tertiary/aromatic N) is 1. The van der Waals surface area contributed by atoms with Crippen molar-refractivity contribution in [2.75, 3.05) is 26.8 Å². The number of carbonyl (C=O) groups excluding carboxylic acids is 1. The van der Waals surface area contributed by atoms with Gasteiger partial charge in [0.05, 0.1) is 19.6 Å². The van der Waals surface area contributed by atoms with Crippen molar-refractivity contribution >= 4 is 5.97 Å². The molecule has 16 heavy (non-hydrogen) atoms. The van der Waals surface area contributed by atoms with Gasteiger partial charge < -0.3 is 9.47 Å². The number of methoxy groups -OCH3 is 1. The van der Waals surface area contributed by atoms with E-state index in [0.717, 1.165) is 32.5 Å². The Hall–Kier alpha value is -0.610. The molecule has 94 valence electrons. The molecule has 0 saturated carbocycles. The van der Waals surface area contributed by atoms with Crippen LogP contribution in [0.3, 0.4) is 0 Å². The van der Waals surface area contributed by atoms with Crippen LogP contribution < -0.4 is 0 Å². The quantitative estimate of drug-likeness (QED) is 0.646. The highest BCUT2D eigenvalue weighted by Crippen LogP contribution is 2.14. The van der Waals surface area contributed by atoms with Crippen molar-refractivity contribution in [1.29, 1.82) is 0 Å². The summed E-state index contributed by atoms with van der Waals surface area (Å²) in [5.41, 5.74) is 0. The van der Waals surface area contributed by atoms with Crippen LogP contribution in [0.4, 0.5) is 0 Å². The Morgan fingerprint density at radius 2 is 2.31 bits per heavy atom. The Morgan fingerprint density at radius 3 is 2.81 bits per heavy atom. The minimum Gasteiger partial charge on any atom is -0.469 e. The SMILES string of the molecule is COC(=O)CCN(CC1CCCO1)C(C)C. The normalized spacial score (nSPS) is 20.7. The van der Waals surface area contributed by atoms with Crippen LogP contribution >= 0.6 is 0 Å². The van der Waals surface area contributed by atoms with Crippen LogP contribution in [0.5, 0.6) is 0 Å². The lowest BCUT2D eigenvalue weighted by Gasteiger charge is -2.28. The fourth-order valence-electron chi connectivity index (χ4n) is 1.95. The molecular weight excluding hydrogens is 206 g/mol. The zero-order valence-corrected chi connectivity index (χ0v) is 10.6. The Balaban J connectivity index is 2.31. The average molecular weight is 229 g/mol. The molecular formula is C12H23NO3. The highest BCUT2D eigenvalue weighted by atomic mass is 16.5. The van der Waals surface area contributed by atoms with Crippen molar-refractivity contribution < 1.29 is 14.3 Å². The first kappa shape index (κ1) is 13.5. The van der Waals surface area contributed by atoms with E-state index in [2.05, 4.69) is 23.5 Å². The van der Waals surface area contributed by atoms with Gasteiger partial charge in [0.15, 0.2) is 0 Å². The smallest absolute Gasteiger partial charge is 0.306 e. The van der Waals surface area contributed by atoms with Crippen LogP contribution in [0, 0.1) is 0 Å². The van der Waals surface area contributed by atoms with E-state index in [9.17, 15) is 4.79 Å². The molecule has 0 spiro atoms. The summed E-state index contributed by atoms with van der Waals surface area (Å²) in [7, 11) is 1.43. The van der Waals surface area contributed by atoms with Gasteiger partial charge in [0, 0.05) is 25.7 Å². The molecule has 0 aromatic carbocycles. The van der Waals surface area contributed by atoms with Crippen LogP contribution in [0.15, 0.2) is 0 Å². The fraction of sp³-hybridized carbons (Fsp3) is 0.917. The second kappa shape index (κ2) is 6.86. The molecule has 1 fully saturated rings. The molecule has 1 aliphatic heterocycles. The Morgan fingerprint density at radius 1 is 1.56 bits per heavy atom. The van der Waals surface area contributed by atoms with Gasteiger partial charge in [-0.05, 0) is 26.7 Å². The average Bonchev–Trinajstić information content (AvgIpc) is 2.75. The Kier molecular flexibility index (Phi) is 5.77. The Labute approximate surface area is 97.9 Å². The first-order chi connectivity index (χ1) is 7.63. The molecule has 1 rings (SSSR count). The zero-order valence-electron chi connectivity index (χ0n) is 10.6. The lowest BCUT2D eigenvalue weighted by atomic mass is 10.2. The lowest BCUT2D eigenvalue weighted by Crippen LogP contribution is -2.38. The van der Waals surface area contributed by atoms with Crippen LogP contribution in [-0.4, -0.2) is 49.8 Å². The number of rotatable bonds is 6. The molecule has 4 heteroatoms. The van der Waals surface area contributed by atoms with Gasteiger partial charge >= 0.3 is 5.97 Å². The van der Waals surface area contributed by atoms with Crippen LogP contribution in [0.2, 0.25) is 0 Å². The Bertz CT molecular complexity index is 212. The lowest BCUT2D eigenvalue weighted by molar-refractivity contribution is -0.141. The largest absolute Gasteiger partial charge is 0.469 e. The third-order valence-electron chi connectivity index (χ3n) is 3.02. The van der Waals surface area contributed by atoms with Crippen molar-refractivity contribution in [3.63, 3.8) is 0 Å². The first-order valence-corrected chi connectivity index (χ1v) is 6.06. The van der Waals surface area contributed by atoms with Crippen molar-refractivity contribution in [2.24, 2.45) is 0 Å². The summed E-state index contributed by atoms with van der Waals surface area (Å²) in [5.74, 6) is -0.141. The van der Waals surface area contributed by atoms with Crippen LogP contribution in [-0.2, 0) is 14.3 Å². The van der Waals surface area contributed by atoms with Gasteiger partial charge in [0.2, 0.25) is 0 Å². The van der Waals surface area contributed by atoms with Crippen LogP contribution in [0.25, 0.3) is 0 Å². The maximum atomic E-state index is 11.1. The number of hydrogen-bond donors (Lipinski definition) is 0. The summed E-state index contributed by atoms with van der Waals surface area (Å²) in [5, 5.41) is 0. The molecule has 0 aromatic rings. The maximum Gasteiger partial charge on any atom is 0.306 e. The summed E-state index contributed by atoms with van der Waals surface area (Å²) in [6.07, 6.45) is 3.11. The molecule has 0 N–H and O–H groups in total. The van der Waals surface area contributed by atoms with Crippen molar-refractivity contribution in [3.8, 4) is 0 Å². The van der Waals surface area contributed by atoms with E-state index in [1.54, 1.807) is 0 Å². The molecule has 0 aromatic heterocycles. The highest BCUT2D eigenvalue weighted by Gasteiger charge is 2.21. The van der Waals surface area contributed by atoms with Crippen LogP contribution in [0.1, 0.15) is 33.1 Å². The second-order valence-corrected chi connectivity index (χ2v) is 4.55. The minimum absolute atomic E-state index is 0.141. The summed E-state index contributed by atoms with van der Waals surface area (Å²) in [4.78, 5) is 13.4. The molecule has 1 atom stereocenters. The van der Waals surface area contributed by atoms with Crippen molar-refractivity contribution in [1.82, 2.24) is 4.90 Å². The number of esters is 1. The van der Waals surface area contributed by atoms with E-state index in [1.165, 1.54) is 7.11 Å². The van der Waals surface area contributed by atoms with Gasteiger partial charge in [-0.15, -0.1) is 0 Å². The molecule has 4 nitrogen and oxygen atoms in total. The fourth-order valence-corrected chi connectivity index (χ4v) is 1.95. The van der Waals surface area contributed by atoms with E-state index in [1.807, 2.05) is 0 Å². The molecule has 1 heterocycles. The van der Waals surface area contributed by atoms with E-state index in [0.29, 0.717) is 18.6 Å². The molecule has 0 radical (unpaired) electrons. The standard InChI is InChI=1S/C12H23NO3/c1-10(2)13(7-6-12(14)15-3)9-11-5-4-8-16-11/h10-11H,4-9H2,1-3H3. The molecule has 0 bridgehead atoms. The topological polar surface area (TPSA) is 38.8 Å². The first-order valence-electron chi connectivity index (χ1n) is 6.06. The number of hydrogen-bond acceptors (Lipinski definition) is 4. The van der Waals surface area contributed by atoms with Crippen molar-refractivity contribution in [3.05, 3.63) is 0 Å². The van der Waals surface area contributed by atoms with Gasteiger partial charge in [-0.3, -0.25) is 9.69 Å². The summed E-state index contributed by atoms with van der Waals surface area (Å²) < 4.78 is 10.3. The monoisotopic (exact) mass is 229 g/mol. The molecule has 1 saturated heterocycles. The summed E-state index contributed by atoms with van der Waals surface area (Å²) in [6, 6.07) is 0.439. The van der Waals surface area contributed by atoms with E-state index in [-0.39, 0.29) is 5.97 Å². The maximum absolute atomic E-state index is 11.1. The van der Waals surface area contributed by atoms with E-state index < -0.39 is 0 Å². The number of ether oxygens (including phenoxy) is 2. The molecule has 1 unspecified atom stereocenters. The molecule has 1 aliphatic rings. The van der Waals surface area contributed by atoms with E-state index >= 15 is 0 Å². The minimum atomic E-state index is -0.141. The van der Waals surface area contributed by atoms with Gasteiger partial charge in [-0.1, -0.05) is 0 Å². The summed E-state index contributed by atoms with van der Waals surface area (Å²) in [6.45, 7) is 6.85. The third-order valence-corrected chi connectivity index (χ3v) is 3.02. The predicted octanol–water partition coefficient (Wildman–Crippen LogP) is 1.44. The third kappa shape index (κ3) is 4.49. The van der Waals surface area contributed by atoms with E-state index in [4.69, 9.17) is 4.74 Å². The van der Waals surface area contributed by atoms with Gasteiger partial charge in [0.25, 0.3) is 0 Å². The highest BCUT2D eigenvalue weighted by molar-refractivity contribution is 5.69. The van der Waals surface area contributed by atoms with Gasteiger partial charge in [-0.25, -0.2) is 0 Å². The van der Waals surface area contributed by atoms with Gasteiger partial charge in [0.1, 0.15) is 0 Å². The van der Waals surface area contributed by atoms with Crippen molar-refractivity contribution in [2.45, 2.75) is 45.3 Å². The predicted molar refractivity (Wildman–Crippen MR) is 62.3 cm³/mol. The summed E-state index contributed by atoms with van der Waals surface area (Å²) >= 11 is 0. The zero-order chi connectivity index (χ0) is 12.0. The number of carbonyl (C=O) groups is 1. The van der Waals surface area contributed by atoms with Gasteiger partial charge in [-0.2, -0.15) is 0 Å².